The van der Waals surface area contributed by atoms with Crippen LogP contribution in [0.25, 0.3) is 11.0 Å². The number of H-pyrrole nitrogens is 1. The molecule has 8 heteroatoms. The average molecular weight is 385 g/mol. The Hall–Kier alpha value is -2.48. The number of pyridine rings is 1. The van der Waals surface area contributed by atoms with Gasteiger partial charge >= 0.3 is 5.69 Å². The number of nitrogens with zero attached hydrogens (tertiary/aromatic N) is 2. The molecule has 1 unspecified atom stereocenters. The van der Waals surface area contributed by atoms with E-state index in [2.05, 4.69) is 15.3 Å². The first kappa shape index (κ1) is 18.9. The van der Waals surface area contributed by atoms with Gasteiger partial charge in [0.05, 0.1) is 16.5 Å². The molecule has 150 valence electrons. The predicted octanol–water partition coefficient (Wildman–Crippen LogP) is 1.23. The largest absolute Gasteiger partial charge is 0.345 e. The Morgan fingerprint density at radius 3 is 2.64 bits per heavy atom. The van der Waals surface area contributed by atoms with E-state index in [0.717, 1.165) is 31.4 Å². The molecule has 2 aliphatic rings. The smallest absolute Gasteiger partial charge is 0.329 e. The van der Waals surface area contributed by atoms with Crippen molar-refractivity contribution < 1.29 is 4.79 Å². The van der Waals surface area contributed by atoms with Crippen LogP contribution in [0.3, 0.4) is 0 Å². The molecule has 2 aromatic heterocycles. The van der Waals surface area contributed by atoms with Crippen LogP contribution in [-0.2, 0) is 6.54 Å². The molecular weight excluding hydrogens is 358 g/mol. The van der Waals surface area contributed by atoms with Crippen molar-refractivity contribution >= 4 is 16.9 Å². The van der Waals surface area contributed by atoms with Crippen LogP contribution in [0.4, 0.5) is 0 Å². The normalized spacial score (nSPS) is 18.8. The van der Waals surface area contributed by atoms with Gasteiger partial charge in [0, 0.05) is 24.7 Å². The van der Waals surface area contributed by atoms with E-state index >= 15 is 0 Å². The number of hydrogen-bond acceptors (Lipinski definition) is 5. The maximum Gasteiger partial charge on any atom is 0.329 e. The number of aromatic nitrogens is 3. The second-order valence-corrected chi connectivity index (χ2v) is 8.33. The number of carbonyl (C=O) groups is 1. The molecule has 0 aromatic carbocycles. The Kier molecular flexibility index (Phi) is 4.61. The topological polar surface area (TPSA) is 123 Å². The molecule has 0 radical (unpaired) electrons. The summed E-state index contributed by atoms with van der Waals surface area (Å²) < 4.78 is 1.46. The van der Waals surface area contributed by atoms with Crippen molar-refractivity contribution in [3.8, 4) is 0 Å². The number of rotatable bonds is 7. The van der Waals surface area contributed by atoms with Crippen LogP contribution in [-0.4, -0.2) is 32.5 Å². The molecule has 1 amide bonds. The van der Waals surface area contributed by atoms with Gasteiger partial charge in [-0.2, -0.15) is 0 Å². The van der Waals surface area contributed by atoms with E-state index in [1.807, 2.05) is 13.8 Å². The molecule has 4 rings (SSSR count). The highest BCUT2D eigenvalue weighted by Gasteiger charge is 2.42. The van der Waals surface area contributed by atoms with E-state index in [4.69, 9.17) is 5.73 Å². The molecule has 2 saturated carbocycles. The van der Waals surface area contributed by atoms with Gasteiger partial charge in [-0.15, -0.1) is 0 Å². The minimum Gasteiger partial charge on any atom is -0.345 e. The molecule has 2 aliphatic carbocycles. The van der Waals surface area contributed by atoms with Gasteiger partial charge in [0.15, 0.2) is 5.65 Å². The van der Waals surface area contributed by atoms with Gasteiger partial charge in [0.25, 0.3) is 11.5 Å². The second kappa shape index (κ2) is 6.84. The lowest BCUT2D eigenvalue weighted by Gasteiger charge is -2.29. The van der Waals surface area contributed by atoms with E-state index in [1.54, 1.807) is 6.07 Å². The zero-order chi connectivity index (χ0) is 20.1. The van der Waals surface area contributed by atoms with Crippen LogP contribution in [0, 0.1) is 5.92 Å². The zero-order valence-corrected chi connectivity index (χ0v) is 16.4. The van der Waals surface area contributed by atoms with Gasteiger partial charge in [-0.05, 0) is 51.0 Å². The van der Waals surface area contributed by atoms with Crippen molar-refractivity contribution in [1.29, 1.82) is 0 Å². The highest BCUT2D eigenvalue weighted by molar-refractivity contribution is 6.05. The molecule has 28 heavy (non-hydrogen) atoms. The first-order chi connectivity index (χ1) is 13.4. The van der Waals surface area contributed by atoms with Crippen LogP contribution >= 0.6 is 0 Å². The summed E-state index contributed by atoms with van der Waals surface area (Å²) in [5, 5.41) is 3.23. The van der Waals surface area contributed by atoms with Crippen LogP contribution in [0.15, 0.2) is 15.7 Å². The zero-order valence-electron chi connectivity index (χ0n) is 16.4. The minimum atomic E-state index is -0.576. The maximum absolute atomic E-state index is 13.2. The van der Waals surface area contributed by atoms with Gasteiger partial charge in [-0.1, -0.05) is 6.92 Å². The predicted molar refractivity (Wildman–Crippen MR) is 107 cm³/mol. The fourth-order valence-corrected chi connectivity index (χ4v) is 3.86. The summed E-state index contributed by atoms with van der Waals surface area (Å²) in [7, 11) is 0. The Morgan fingerprint density at radius 1 is 1.36 bits per heavy atom. The highest BCUT2D eigenvalue weighted by atomic mass is 16.2. The molecule has 0 saturated heterocycles. The quantitative estimate of drug-likeness (QED) is 0.661. The molecule has 1 atom stereocenters. The summed E-state index contributed by atoms with van der Waals surface area (Å²) in [6, 6.07) is 1.72. The maximum atomic E-state index is 13.2. The van der Waals surface area contributed by atoms with Gasteiger partial charge in [-0.25, -0.2) is 9.78 Å². The molecule has 0 aliphatic heterocycles. The van der Waals surface area contributed by atoms with Crippen molar-refractivity contribution in [2.75, 3.05) is 6.54 Å². The molecule has 2 heterocycles. The van der Waals surface area contributed by atoms with Crippen molar-refractivity contribution in [2.45, 2.75) is 64.0 Å². The average Bonchev–Trinajstić information content (AvgIpc) is 3.56. The van der Waals surface area contributed by atoms with Gasteiger partial charge in [0.2, 0.25) is 0 Å². The standard InChI is InChI=1S/C20H27N5O3/c1-3-8-25-16-15(18(27)23-19(25)28)13(9-14(22-16)11-4-5-11)17(26)24-20(2,10-21)12-6-7-12/h9,11-12H,3-8,10,21H2,1-2H3,(H,24,26)(H,23,27,28). The van der Waals surface area contributed by atoms with E-state index < -0.39 is 16.8 Å². The lowest BCUT2D eigenvalue weighted by Crippen LogP contribution is -2.53. The number of aromatic amines is 1. The molecule has 8 nitrogen and oxygen atoms in total. The third-order valence-electron chi connectivity index (χ3n) is 5.96. The number of amides is 1. The molecule has 2 fully saturated rings. The van der Waals surface area contributed by atoms with Gasteiger partial charge in [0.1, 0.15) is 0 Å². The summed E-state index contributed by atoms with van der Waals surface area (Å²) in [6.07, 6.45) is 4.79. The monoisotopic (exact) mass is 385 g/mol. The van der Waals surface area contributed by atoms with Crippen LogP contribution in [0.2, 0.25) is 0 Å². The summed E-state index contributed by atoms with van der Waals surface area (Å²) in [6.45, 7) is 4.66. The minimum absolute atomic E-state index is 0.171. The van der Waals surface area contributed by atoms with E-state index in [1.165, 1.54) is 4.57 Å². The lowest BCUT2D eigenvalue weighted by molar-refractivity contribution is 0.0899. The number of aryl methyl sites for hydroxylation is 1. The van der Waals surface area contributed by atoms with Crippen molar-refractivity contribution in [1.82, 2.24) is 19.9 Å². The highest BCUT2D eigenvalue weighted by Crippen LogP contribution is 2.41. The third-order valence-corrected chi connectivity index (χ3v) is 5.96. The van der Waals surface area contributed by atoms with Gasteiger partial charge in [-0.3, -0.25) is 19.1 Å². The lowest BCUT2D eigenvalue weighted by atomic mass is 9.95. The Morgan fingerprint density at radius 2 is 2.07 bits per heavy atom. The Bertz CT molecular complexity index is 1050. The van der Waals surface area contributed by atoms with E-state index in [-0.39, 0.29) is 22.8 Å². The Balaban J connectivity index is 1.89. The number of nitrogens with one attached hydrogen (secondary N) is 2. The van der Waals surface area contributed by atoms with Crippen molar-refractivity contribution in [3.05, 3.63) is 38.2 Å². The third kappa shape index (κ3) is 3.26. The Labute approximate surface area is 162 Å². The first-order valence-electron chi connectivity index (χ1n) is 10.1. The summed E-state index contributed by atoms with van der Waals surface area (Å²) in [5.41, 5.74) is 5.72. The SMILES string of the molecule is CCCn1c(=O)[nH]c(=O)c2c(C(=O)NC(C)(CN)C3CC3)cc(C3CC3)nc21. The molecule has 0 bridgehead atoms. The van der Waals surface area contributed by atoms with E-state index in [0.29, 0.717) is 31.1 Å². The number of hydrogen-bond donors (Lipinski definition) is 3. The second-order valence-electron chi connectivity index (χ2n) is 8.33. The van der Waals surface area contributed by atoms with Crippen LogP contribution < -0.4 is 22.3 Å². The van der Waals surface area contributed by atoms with E-state index in [9.17, 15) is 14.4 Å². The van der Waals surface area contributed by atoms with Crippen molar-refractivity contribution in [2.24, 2.45) is 11.7 Å². The fourth-order valence-electron chi connectivity index (χ4n) is 3.86. The number of fused-ring (bicyclic) bond motifs is 1. The molecule has 4 N–H and O–H groups in total. The first-order valence-corrected chi connectivity index (χ1v) is 10.1. The molecular formula is C20H27N5O3. The number of nitrogens with two attached hydrogens (primary N) is 1. The summed E-state index contributed by atoms with van der Waals surface area (Å²) in [5.74, 6) is 0.306. The summed E-state index contributed by atoms with van der Waals surface area (Å²) >= 11 is 0. The summed E-state index contributed by atoms with van der Waals surface area (Å²) in [4.78, 5) is 45.2. The van der Waals surface area contributed by atoms with Crippen molar-refractivity contribution in [3.63, 3.8) is 0 Å². The fraction of sp³-hybridized carbons (Fsp3) is 0.600. The van der Waals surface area contributed by atoms with Crippen LogP contribution in [0.5, 0.6) is 0 Å². The molecule has 2 aromatic rings. The number of carbonyl (C=O) groups excluding carboxylic acids is 1. The molecule has 0 spiro atoms. The van der Waals surface area contributed by atoms with Crippen LogP contribution in [0.1, 0.15) is 67.9 Å². The van der Waals surface area contributed by atoms with Gasteiger partial charge < -0.3 is 11.1 Å².